The average molecular weight is 223 g/mol. The molecule has 4 heteroatoms. The summed E-state index contributed by atoms with van der Waals surface area (Å²) in [5.41, 5.74) is 5.41. The summed E-state index contributed by atoms with van der Waals surface area (Å²) >= 11 is 0. The summed E-state index contributed by atoms with van der Waals surface area (Å²) in [6.07, 6.45) is 4.60. The van der Waals surface area contributed by atoms with Crippen LogP contribution in [-0.2, 0) is 4.79 Å². The lowest BCUT2D eigenvalue weighted by Gasteiger charge is -2.18. The monoisotopic (exact) mass is 223 g/mol. The molecule has 0 aromatic carbocycles. The lowest BCUT2D eigenvalue weighted by atomic mass is 10.0. The van der Waals surface area contributed by atoms with Gasteiger partial charge >= 0.3 is 0 Å². The van der Waals surface area contributed by atoms with Gasteiger partial charge in [0.05, 0.1) is 12.0 Å². The van der Waals surface area contributed by atoms with Crippen molar-refractivity contribution in [1.29, 1.82) is 5.26 Å². The Morgan fingerprint density at radius 1 is 1.62 bits per heavy atom. The van der Waals surface area contributed by atoms with Gasteiger partial charge in [0.15, 0.2) is 0 Å². The minimum Gasteiger partial charge on any atom is -0.352 e. The van der Waals surface area contributed by atoms with Gasteiger partial charge in [0.25, 0.3) is 0 Å². The van der Waals surface area contributed by atoms with Gasteiger partial charge in [-0.15, -0.1) is 0 Å². The molecule has 4 nitrogen and oxygen atoms in total. The number of nitriles is 1. The van der Waals surface area contributed by atoms with Gasteiger partial charge in [0.2, 0.25) is 5.91 Å². The van der Waals surface area contributed by atoms with Crippen LogP contribution in [0, 0.1) is 23.2 Å². The smallest absolute Gasteiger partial charge is 0.223 e. The van der Waals surface area contributed by atoms with Gasteiger partial charge in [0, 0.05) is 12.0 Å². The van der Waals surface area contributed by atoms with Crippen LogP contribution in [0.15, 0.2) is 0 Å². The van der Waals surface area contributed by atoms with E-state index in [1.807, 2.05) is 6.92 Å². The van der Waals surface area contributed by atoms with E-state index in [2.05, 4.69) is 11.4 Å². The van der Waals surface area contributed by atoms with Gasteiger partial charge < -0.3 is 11.1 Å². The Kier molecular flexibility index (Phi) is 5.27. The third-order valence-electron chi connectivity index (χ3n) is 3.30. The Morgan fingerprint density at radius 3 is 3.00 bits per heavy atom. The SMILES string of the molecule is CC(CCCN)C(=O)NC1CCCC1C#N. The molecule has 0 aromatic heterocycles. The van der Waals surface area contributed by atoms with Crippen LogP contribution in [0.4, 0.5) is 0 Å². The van der Waals surface area contributed by atoms with Crippen LogP contribution >= 0.6 is 0 Å². The third kappa shape index (κ3) is 3.49. The molecule has 0 bridgehead atoms. The summed E-state index contributed by atoms with van der Waals surface area (Å²) in [6.45, 7) is 2.54. The molecule has 3 unspecified atom stereocenters. The molecule has 1 aliphatic carbocycles. The molecule has 90 valence electrons. The maximum Gasteiger partial charge on any atom is 0.223 e. The molecule has 0 aromatic rings. The molecular formula is C12H21N3O. The fourth-order valence-corrected chi connectivity index (χ4v) is 2.17. The second kappa shape index (κ2) is 6.49. The zero-order valence-corrected chi connectivity index (χ0v) is 9.91. The number of carbonyl (C=O) groups is 1. The number of carbonyl (C=O) groups excluding carboxylic acids is 1. The standard InChI is InChI=1S/C12H21N3O/c1-9(4-3-7-13)12(16)15-11-6-2-5-10(11)8-14/h9-11H,2-7,13H2,1H3,(H,15,16). The van der Waals surface area contributed by atoms with Crippen LogP contribution in [0.25, 0.3) is 0 Å². The van der Waals surface area contributed by atoms with E-state index in [0.717, 1.165) is 32.1 Å². The summed E-state index contributed by atoms with van der Waals surface area (Å²) in [6, 6.07) is 2.33. The summed E-state index contributed by atoms with van der Waals surface area (Å²) in [5.74, 6) is 0.0785. The number of hydrogen-bond donors (Lipinski definition) is 2. The highest BCUT2D eigenvalue weighted by atomic mass is 16.1. The van der Waals surface area contributed by atoms with Crippen molar-refractivity contribution in [3.05, 3.63) is 0 Å². The van der Waals surface area contributed by atoms with Crippen LogP contribution in [0.2, 0.25) is 0 Å². The Bertz CT molecular complexity index is 272. The first-order valence-electron chi connectivity index (χ1n) is 6.09. The lowest BCUT2D eigenvalue weighted by Crippen LogP contribution is -2.40. The number of nitrogens with zero attached hydrogens (tertiary/aromatic N) is 1. The predicted molar refractivity (Wildman–Crippen MR) is 62.3 cm³/mol. The molecule has 0 radical (unpaired) electrons. The highest BCUT2D eigenvalue weighted by Gasteiger charge is 2.29. The Morgan fingerprint density at radius 2 is 2.38 bits per heavy atom. The van der Waals surface area contributed by atoms with Gasteiger partial charge in [-0.25, -0.2) is 0 Å². The molecule has 3 atom stereocenters. The summed E-state index contributed by atoms with van der Waals surface area (Å²) in [7, 11) is 0. The topological polar surface area (TPSA) is 78.9 Å². The number of hydrogen-bond acceptors (Lipinski definition) is 3. The fraction of sp³-hybridized carbons (Fsp3) is 0.833. The van der Waals surface area contributed by atoms with E-state index < -0.39 is 0 Å². The maximum absolute atomic E-state index is 11.8. The quantitative estimate of drug-likeness (QED) is 0.734. The van der Waals surface area contributed by atoms with E-state index in [-0.39, 0.29) is 23.8 Å². The average Bonchev–Trinajstić information content (AvgIpc) is 2.72. The zero-order valence-electron chi connectivity index (χ0n) is 9.91. The molecule has 1 saturated carbocycles. The first kappa shape index (κ1) is 13.0. The minimum atomic E-state index is 0.00323. The zero-order chi connectivity index (χ0) is 12.0. The first-order chi connectivity index (χ1) is 7.69. The van der Waals surface area contributed by atoms with Crippen molar-refractivity contribution >= 4 is 5.91 Å². The van der Waals surface area contributed by atoms with Crippen molar-refractivity contribution in [1.82, 2.24) is 5.32 Å². The highest BCUT2D eigenvalue weighted by Crippen LogP contribution is 2.25. The Hall–Kier alpha value is -1.08. The van der Waals surface area contributed by atoms with Crippen LogP contribution in [-0.4, -0.2) is 18.5 Å². The predicted octanol–water partition coefficient (Wildman–Crippen LogP) is 1.17. The van der Waals surface area contributed by atoms with Crippen LogP contribution < -0.4 is 11.1 Å². The molecule has 1 amide bonds. The molecule has 3 N–H and O–H groups in total. The molecule has 1 rings (SSSR count). The van der Waals surface area contributed by atoms with Crippen molar-refractivity contribution < 1.29 is 4.79 Å². The number of rotatable bonds is 5. The Labute approximate surface area is 97.2 Å². The van der Waals surface area contributed by atoms with E-state index in [1.54, 1.807) is 0 Å². The van der Waals surface area contributed by atoms with Crippen molar-refractivity contribution in [3.63, 3.8) is 0 Å². The first-order valence-corrected chi connectivity index (χ1v) is 6.09. The van der Waals surface area contributed by atoms with E-state index >= 15 is 0 Å². The molecule has 16 heavy (non-hydrogen) atoms. The maximum atomic E-state index is 11.8. The molecule has 1 fully saturated rings. The van der Waals surface area contributed by atoms with Gasteiger partial charge in [-0.2, -0.15) is 5.26 Å². The van der Waals surface area contributed by atoms with Crippen molar-refractivity contribution in [2.24, 2.45) is 17.6 Å². The van der Waals surface area contributed by atoms with Crippen LogP contribution in [0.1, 0.15) is 39.0 Å². The van der Waals surface area contributed by atoms with E-state index in [0.29, 0.717) is 6.54 Å². The molecule has 1 aliphatic rings. The highest BCUT2D eigenvalue weighted by molar-refractivity contribution is 5.78. The third-order valence-corrected chi connectivity index (χ3v) is 3.30. The normalized spacial score (nSPS) is 26.1. The lowest BCUT2D eigenvalue weighted by molar-refractivity contribution is -0.125. The number of nitrogens with two attached hydrogens (primary N) is 1. The Balaban J connectivity index is 2.36. The molecule has 0 aliphatic heterocycles. The second-order valence-corrected chi connectivity index (χ2v) is 4.61. The second-order valence-electron chi connectivity index (χ2n) is 4.61. The largest absolute Gasteiger partial charge is 0.352 e. The van der Waals surface area contributed by atoms with Crippen molar-refractivity contribution in [2.75, 3.05) is 6.54 Å². The molecular weight excluding hydrogens is 202 g/mol. The van der Waals surface area contributed by atoms with E-state index in [1.165, 1.54) is 0 Å². The molecule has 0 heterocycles. The summed E-state index contributed by atoms with van der Waals surface area (Å²) in [5, 5.41) is 11.9. The van der Waals surface area contributed by atoms with Gasteiger partial charge in [-0.05, 0) is 38.6 Å². The van der Waals surface area contributed by atoms with Gasteiger partial charge in [-0.1, -0.05) is 6.92 Å². The number of nitrogens with one attached hydrogen (secondary N) is 1. The van der Waals surface area contributed by atoms with Gasteiger partial charge in [0.1, 0.15) is 0 Å². The molecule has 0 spiro atoms. The molecule has 0 saturated heterocycles. The van der Waals surface area contributed by atoms with Crippen molar-refractivity contribution in [2.45, 2.75) is 45.1 Å². The van der Waals surface area contributed by atoms with Crippen LogP contribution in [0.3, 0.4) is 0 Å². The van der Waals surface area contributed by atoms with E-state index in [9.17, 15) is 4.79 Å². The van der Waals surface area contributed by atoms with E-state index in [4.69, 9.17) is 11.0 Å². The minimum absolute atomic E-state index is 0.00323. The number of amides is 1. The summed E-state index contributed by atoms with van der Waals surface area (Å²) < 4.78 is 0. The van der Waals surface area contributed by atoms with Gasteiger partial charge in [-0.3, -0.25) is 4.79 Å². The van der Waals surface area contributed by atoms with Crippen molar-refractivity contribution in [3.8, 4) is 6.07 Å². The fourth-order valence-electron chi connectivity index (χ4n) is 2.17. The van der Waals surface area contributed by atoms with Crippen LogP contribution in [0.5, 0.6) is 0 Å². The summed E-state index contributed by atoms with van der Waals surface area (Å²) in [4.78, 5) is 11.8.